The van der Waals surface area contributed by atoms with E-state index in [1.807, 2.05) is 0 Å². The van der Waals surface area contributed by atoms with Crippen LogP contribution in [-0.2, 0) is 19.7 Å². The molecule has 0 bridgehead atoms. The lowest BCUT2D eigenvalue weighted by Crippen LogP contribution is -2.40. The van der Waals surface area contributed by atoms with Gasteiger partial charge < -0.3 is 15.8 Å². The number of anilines is 1. The lowest BCUT2D eigenvalue weighted by atomic mass is 9.78. The van der Waals surface area contributed by atoms with Gasteiger partial charge in [-0.3, -0.25) is 14.4 Å². The summed E-state index contributed by atoms with van der Waals surface area (Å²) < 4.78 is 19.9. The van der Waals surface area contributed by atoms with Gasteiger partial charge in [0.05, 0.1) is 5.41 Å². The molecule has 2 aromatic carbocycles. The average Bonchev–Trinajstić information content (AvgIpc) is 3.19. The molecule has 152 valence electrons. The van der Waals surface area contributed by atoms with E-state index in [-0.39, 0.29) is 0 Å². The molecule has 1 atom stereocenters. The third-order valence-electron chi connectivity index (χ3n) is 5.33. The van der Waals surface area contributed by atoms with Crippen molar-refractivity contribution in [2.75, 3.05) is 5.32 Å². The van der Waals surface area contributed by atoms with Crippen molar-refractivity contribution in [1.29, 1.82) is 0 Å². The number of primary amides is 1. The van der Waals surface area contributed by atoms with Crippen LogP contribution in [0.2, 0.25) is 0 Å². The Balaban J connectivity index is 1.70. The molecular weight excluding hydrogens is 375 g/mol. The Labute approximate surface area is 168 Å². The van der Waals surface area contributed by atoms with Gasteiger partial charge in [0.2, 0.25) is 5.91 Å². The van der Waals surface area contributed by atoms with Crippen molar-refractivity contribution in [1.82, 2.24) is 0 Å². The highest BCUT2D eigenvalue weighted by Crippen LogP contribution is 2.43. The van der Waals surface area contributed by atoms with Crippen LogP contribution in [0.5, 0.6) is 0 Å². The predicted molar refractivity (Wildman–Crippen MR) is 106 cm³/mol. The molecule has 1 aliphatic rings. The molecule has 2 aromatic rings. The molecule has 1 saturated carbocycles. The second-order valence-electron chi connectivity index (χ2n) is 7.25. The van der Waals surface area contributed by atoms with Gasteiger partial charge in [-0.2, -0.15) is 0 Å². The van der Waals surface area contributed by atoms with Gasteiger partial charge >= 0.3 is 5.97 Å². The minimum Gasteiger partial charge on any atom is -0.452 e. The molecule has 0 saturated heterocycles. The Morgan fingerprint density at radius 3 is 2.28 bits per heavy atom. The number of carbonyl (C=O) groups is 3. The van der Waals surface area contributed by atoms with Crippen LogP contribution >= 0.6 is 0 Å². The summed E-state index contributed by atoms with van der Waals surface area (Å²) in [6, 6.07) is 12.2. The van der Waals surface area contributed by atoms with Crippen LogP contribution in [0.3, 0.4) is 0 Å². The Hall–Kier alpha value is -3.22. The highest BCUT2D eigenvalue weighted by Gasteiger charge is 2.46. The molecule has 1 aliphatic carbocycles. The first kappa shape index (κ1) is 20.5. The summed E-state index contributed by atoms with van der Waals surface area (Å²) in [6.07, 6.45) is 1.47. The number of hydrogen-bond acceptors (Lipinski definition) is 4. The molecule has 0 radical (unpaired) electrons. The topological polar surface area (TPSA) is 98.5 Å². The number of carbonyl (C=O) groups excluding carboxylic acids is 3. The standard InChI is InChI=1S/C22H23FN2O4/c1-14(20(27)25-16-10-8-15(9-11-16)19(24)26)29-21(28)22(12-4-5-13-22)17-6-2-3-7-18(17)23/h2-3,6-11,14H,4-5,12-13H2,1H3,(H2,24,26)(H,25,27)/t14-/m1/s1. The van der Waals surface area contributed by atoms with E-state index >= 15 is 0 Å². The van der Waals surface area contributed by atoms with Gasteiger partial charge in [-0.25, -0.2) is 4.39 Å². The quantitative estimate of drug-likeness (QED) is 0.730. The molecule has 1 fully saturated rings. The van der Waals surface area contributed by atoms with E-state index in [0.29, 0.717) is 29.7 Å². The van der Waals surface area contributed by atoms with Gasteiger partial charge in [0.25, 0.3) is 5.91 Å². The van der Waals surface area contributed by atoms with Crippen molar-refractivity contribution in [3.05, 3.63) is 65.5 Å². The summed E-state index contributed by atoms with van der Waals surface area (Å²) in [5.41, 5.74) is 5.19. The molecule has 0 unspecified atom stereocenters. The van der Waals surface area contributed by atoms with E-state index in [2.05, 4.69) is 5.32 Å². The lowest BCUT2D eigenvalue weighted by molar-refractivity contribution is -0.159. The van der Waals surface area contributed by atoms with Crippen molar-refractivity contribution in [2.45, 2.75) is 44.1 Å². The van der Waals surface area contributed by atoms with E-state index in [1.54, 1.807) is 18.2 Å². The Bertz CT molecular complexity index is 921. The zero-order valence-corrected chi connectivity index (χ0v) is 16.1. The van der Waals surface area contributed by atoms with Gasteiger partial charge in [0.15, 0.2) is 6.10 Å². The smallest absolute Gasteiger partial charge is 0.317 e. The maximum Gasteiger partial charge on any atom is 0.317 e. The minimum atomic E-state index is -1.07. The summed E-state index contributed by atoms with van der Waals surface area (Å²) in [7, 11) is 0. The molecule has 0 heterocycles. The summed E-state index contributed by atoms with van der Waals surface area (Å²) in [5.74, 6) is -2.13. The number of ether oxygens (including phenoxy) is 1. The molecule has 29 heavy (non-hydrogen) atoms. The third-order valence-corrected chi connectivity index (χ3v) is 5.33. The van der Waals surface area contributed by atoms with Crippen LogP contribution < -0.4 is 11.1 Å². The normalized spacial score (nSPS) is 16.1. The number of amides is 2. The summed E-state index contributed by atoms with van der Waals surface area (Å²) in [6.45, 7) is 1.47. The first-order valence-corrected chi connectivity index (χ1v) is 9.50. The zero-order chi connectivity index (χ0) is 21.0. The fourth-order valence-electron chi connectivity index (χ4n) is 3.70. The van der Waals surface area contributed by atoms with Crippen molar-refractivity contribution in [3.63, 3.8) is 0 Å². The number of hydrogen-bond donors (Lipinski definition) is 2. The Morgan fingerprint density at radius 2 is 1.69 bits per heavy atom. The molecule has 0 spiro atoms. The zero-order valence-electron chi connectivity index (χ0n) is 16.1. The number of nitrogens with one attached hydrogen (secondary N) is 1. The fourth-order valence-corrected chi connectivity index (χ4v) is 3.70. The van der Waals surface area contributed by atoms with Crippen LogP contribution in [0, 0.1) is 5.82 Å². The van der Waals surface area contributed by atoms with Gasteiger partial charge in [-0.15, -0.1) is 0 Å². The van der Waals surface area contributed by atoms with E-state index < -0.39 is 35.1 Å². The van der Waals surface area contributed by atoms with Gasteiger partial charge in [-0.05, 0) is 50.1 Å². The summed E-state index contributed by atoms with van der Waals surface area (Å²) >= 11 is 0. The molecular formula is C22H23FN2O4. The average molecular weight is 398 g/mol. The molecule has 2 amide bonds. The maximum absolute atomic E-state index is 14.4. The molecule has 0 aliphatic heterocycles. The molecule has 3 rings (SSSR count). The molecule has 0 aromatic heterocycles. The van der Waals surface area contributed by atoms with E-state index in [4.69, 9.17) is 10.5 Å². The van der Waals surface area contributed by atoms with Crippen LogP contribution in [0.4, 0.5) is 10.1 Å². The highest BCUT2D eigenvalue weighted by molar-refractivity contribution is 5.97. The van der Waals surface area contributed by atoms with E-state index in [1.165, 1.54) is 37.3 Å². The largest absolute Gasteiger partial charge is 0.452 e. The Kier molecular flexibility index (Phi) is 5.96. The van der Waals surface area contributed by atoms with Crippen molar-refractivity contribution >= 4 is 23.5 Å². The Morgan fingerprint density at radius 1 is 1.07 bits per heavy atom. The summed E-state index contributed by atoms with van der Waals surface area (Å²) in [4.78, 5) is 36.5. The third kappa shape index (κ3) is 4.29. The second-order valence-corrected chi connectivity index (χ2v) is 7.25. The van der Waals surface area contributed by atoms with Crippen molar-refractivity contribution in [2.24, 2.45) is 5.73 Å². The van der Waals surface area contributed by atoms with Gasteiger partial charge in [0.1, 0.15) is 5.82 Å². The number of rotatable bonds is 6. The number of nitrogens with two attached hydrogens (primary N) is 1. The molecule has 6 nitrogen and oxygen atoms in total. The maximum atomic E-state index is 14.4. The number of esters is 1. The first-order valence-electron chi connectivity index (χ1n) is 9.50. The van der Waals surface area contributed by atoms with Crippen LogP contribution in [-0.4, -0.2) is 23.9 Å². The first-order chi connectivity index (χ1) is 13.8. The summed E-state index contributed by atoms with van der Waals surface area (Å²) in [5, 5.41) is 2.63. The van der Waals surface area contributed by atoms with Gasteiger partial charge in [-0.1, -0.05) is 31.0 Å². The van der Waals surface area contributed by atoms with E-state index in [0.717, 1.165) is 12.8 Å². The van der Waals surface area contributed by atoms with Crippen molar-refractivity contribution < 1.29 is 23.5 Å². The highest BCUT2D eigenvalue weighted by atomic mass is 19.1. The molecule has 7 heteroatoms. The SMILES string of the molecule is C[C@@H](OC(=O)C1(c2ccccc2F)CCCC1)C(=O)Nc1ccc(C(N)=O)cc1. The van der Waals surface area contributed by atoms with Gasteiger partial charge in [0, 0.05) is 16.8 Å². The van der Waals surface area contributed by atoms with Crippen LogP contribution in [0.1, 0.15) is 48.5 Å². The second kappa shape index (κ2) is 8.43. The minimum absolute atomic E-state index is 0.315. The monoisotopic (exact) mass is 398 g/mol. The predicted octanol–water partition coefficient (Wildman–Crippen LogP) is 3.31. The van der Waals surface area contributed by atoms with E-state index in [9.17, 15) is 18.8 Å². The van der Waals surface area contributed by atoms with Crippen LogP contribution in [0.25, 0.3) is 0 Å². The lowest BCUT2D eigenvalue weighted by Gasteiger charge is -2.29. The fraction of sp³-hybridized carbons (Fsp3) is 0.318. The van der Waals surface area contributed by atoms with Crippen molar-refractivity contribution in [3.8, 4) is 0 Å². The van der Waals surface area contributed by atoms with Crippen LogP contribution in [0.15, 0.2) is 48.5 Å². The number of halogens is 1. The number of benzene rings is 2. The molecule has 3 N–H and O–H groups in total.